The van der Waals surface area contributed by atoms with E-state index >= 15 is 0 Å². The fourth-order valence-electron chi connectivity index (χ4n) is 0.567. The maximum atomic E-state index is 12.5. The number of hydrogen-bond donors (Lipinski definition) is 2. The average Bonchev–Trinajstić information content (AvgIpc) is 2.11. The van der Waals surface area contributed by atoms with Gasteiger partial charge in [0.2, 0.25) is 0 Å². The highest BCUT2D eigenvalue weighted by atomic mass is 19.3. The molecular weight excluding hydrogens is 194 g/mol. The molecular formula is C8H16F2N2O2. The number of alkyl halides is 2. The van der Waals surface area contributed by atoms with Gasteiger partial charge in [0.1, 0.15) is 0 Å². The third kappa shape index (κ3) is 6.59. The molecule has 0 aromatic rings. The highest BCUT2D eigenvalue weighted by molar-refractivity contribution is 5.67. The lowest BCUT2D eigenvalue weighted by molar-refractivity contribution is 0.0106. The molecule has 14 heavy (non-hydrogen) atoms. The minimum absolute atomic E-state index is 0.177. The summed E-state index contributed by atoms with van der Waals surface area (Å²) in [5.41, 5.74) is 4.77. The summed E-state index contributed by atoms with van der Waals surface area (Å²) in [6.45, 7) is 2.32. The summed E-state index contributed by atoms with van der Waals surface area (Å²) in [4.78, 5) is 10.8. The molecule has 0 radical (unpaired) electrons. The molecule has 0 saturated carbocycles. The molecule has 4 nitrogen and oxygen atoms in total. The second kappa shape index (κ2) is 5.74. The first-order valence-electron chi connectivity index (χ1n) is 4.36. The molecule has 0 aromatic carbocycles. The van der Waals surface area contributed by atoms with Gasteiger partial charge in [-0.25, -0.2) is 13.6 Å². The van der Waals surface area contributed by atoms with Gasteiger partial charge in [0, 0.05) is 0 Å². The standard InChI is InChI=1S/C8H16F2N2O2/c1-6(2)3-14-7(13)12-5-8(9,10)4-11/h6H,3-5,11H2,1-2H3,(H,12,13). The third-order valence-electron chi connectivity index (χ3n) is 1.34. The van der Waals surface area contributed by atoms with Crippen molar-refractivity contribution >= 4 is 6.09 Å². The van der Waals surface area contributed by atoms with Crippen molar-refractivity contribution in [2.45, 2.75) is 19.8 Å². The Bertz CT molecular complexity index is 186. The van der Waals surface area contributed by atoms with Crippen molar-refractivity contribution < 1.29 is 18.3 Å². The molecule has 0 rings (SSSR count). The van der Waals surface area contributed by atoms with Crippen LogP contribution in [0.4, 0.5) is 13.6 Å². The van der Waals surface area contributed by atoms with Crippen molar-refractivity contribution in [2.75, 3.05) is 19.7 Å². The van der Waals surface area contributed by atoms with Gasteiger partial charge in [-0.15, -0.1) is 0 Å². The van der Waals surface area contributed by atoms with Gasteiger partial charge in [-0.05, 0) is 5.92 Å². The van der Waals surface area contributed by atoms with Gasteiger partial charge in [-0.3, -0.25) is 0 Å². The van der Waals surface area contributed by atoms with Crippen molar-refractivity contribution in [3.05, 3.63) is 0 Å². The van der Waals surface area contributed by atoms with Crippen LogP contribution in [0.15, 0.2) is 0 Å². The summed E-state index contributed by atoms with van der Waals surface area (Å²) in [5, 5.41) is 1.94. The van der Waals surface area contributed by atoms with E-state index in [1.807, 2.05) is 19.2 Å². The first-order chi connectivity index (χ1) is 6.37. The summed E-state index contributed by atoms with van der Waals surface area (Å²) < 4.78 is 29.7. The fraction of sp³-hybridized carbons (Fsp3) is 0.875. The number of carbonyl (C=O) groups is 1. The zero-order valence-corrected chi connectivity index (χ0v) is 8.35. The summed E-state index contributed by atoms with van der Waals surface area (Å²) in [5.74, 6) is -2.90. The Morgan fingerprint density at radius 3 is 2.57 bits per heavy atom. The number of nitrogens with one attached hydrogen (secondary N) is 1. The van der Waals surface area contributed by atoms with Gasteiger partial charge in [0.25, 0.3) is 5.92 Å². The molecule has 0 unspecified atom stereocenters. The second-order valence-electron chi connectivity index (χ2n) is 3.41. The van der Waals surface area contributed by atoms with Crippen LogP contribution >= 0.6 is 0 Å². The first kappa shape index (κ1) is 13.1. The van der Waals surface area contributed by atoms with Crippen molar-refractivity contribution in [3.8, 4) is 0 Å². The summed E-state index contributed by atoms with van der Waals surface area (Å²) in [6.07, 6.45) is -0.841. The minimum atomic E-state index is -3.07. The Labute approximate surface area is 81.8 Å². The number of carbonyl (C=O) groups excluding carboxylic acids is 1. The fourth-order valence-corrected chi connectivity index (χ4v) is 0.567. The van der Waals surface area contributed by atoms with Crippen LogP contribution in [0, 0.1) is 5.92 Å². The molecule has 0 heterocycles. The van der Waals surface area contributed by atoms with Crippen molar-refractivity contribution in [1.82, 2.24) is 5.32 Å². The normalized spacial score (nSPS) is 11.6. The van der Waals surface area contributed by atoms with Gasteiger partial charge in [-0.1, -0.05) is 13.8 Å². The van der Waals surface area contributed by atoms with Gasteiger partial charge < -0.3 is 15.8 Å². The van der Waals surface area contributed by atoms with E-state index in [0.717, 1.165) is 0 Å². The molecule has 0 fully saturated rings. The topological polar surface area (TPSA) is 64.3 Å². The SMILES string of the molecule is CC(C)COC(=O)NCC(F)(F)CN. The maximum absolute atomic E-state index is 12.5. The molecule has 6 heteroatoms. The van der Waals surface area contributed by atoms with E-state index < -0.39 is 25.1 Å². The molecule has 0 aliphatic carbocycles. The van der Waals surface area contributed by atoms with E-state index in [1.165, 1.54) is 0 Å². The van der Waals surface area contributed by atoms with Crippen LogP contribution in [-0.4, -0.2) is 31.7 Å². The quantitative estimate of drug-likeness (QED) is 0.710. The van der Waals surface area contributed by atoms with Gasteiger partial charge in [0.15, 0.2) is 0 Å². The molecule has 3 N–H and O–H groups in total. The zero-order chi connectivity index (χ0) is 11.2. The summed E-state index contributed by atoms with van der Waals surface area (Å²) in [7, 11) is 0. The number of alkyl carbamates (subject to hydrolysis) is 1. The molecule has 1 amide bonds. The number of rotatable bonds is 5. The van der Waals surface area contributed by atoms with Crippen LogP contribution in [0.5, 0.6) is 0 Å². The number of hydrogen-bond acceptors (Lipinski definition) is 3. The van der Waals surface area contributed by atoms with Gasteiger partial charge >= 0.3 is 6.09 Å². The Hall–Kier alpha value is -0.910. The Balaban J connectivity index is 3.64. The van der Waals surface area contributed by atoms with Crippen LogP contribution in [0.2, 0.25) is 0 Å². The van der Waals surface area contributed by atoms with Crippen LogP contribution in [0.3, 0.4) is 0 Å². The number of halogens is 2. The second-order valence-corrected chi connectivity index (χ2v) is 3.41. The van der Waals surface area contributed by atoms with Crippen molar-refractivity contribution in [3.63, 3.8) is 0 Å². The van der Waals surface area contributed by atoms with Crippen molar-refractivity contribution in [2.24, 2.45) is 11.7 Å². The van der Waals surface area contributed by atoms with Crippen LogP contribution < -0.4 is 11.1 Å². The molecule has 0 aromatic heterocycles. The maximum Gasteiger partial charge on any atom is 0.407 e. The van der Waals surface area contributed by atoms with Crippen LogP contribution in [0.25, 0.3) is 0 Å². The van der Waals surface area contributed by atoms with E-state index in [2.05, 4.69) is 4.74 Å². The first-order valence-corrected chi connectivity index (χ1v) is 4.36. The molecule has 0 atom stereocenters. The van der Waals surface area contributed by atoms with Gasteiger partial charge in [-0.2, -0.15) is 0 Å². The van der Waals surface area contributed by atoms with Crippen LogP contribution in [-0.2, 0) is 4.74 Å². The largest absolute Gasteiger partial charge is 0.449 e. The number of amides is 1. The highest BCUT2D eigenvalue weighted by Gasteiger charge is 2.27. The van der Waals surface area contributed by atoms with Gasteiger partial charge in [0.05, 0.1) is 19.7 Å². The Morgan fingerprint density at radius 2 is 2.14 bits per heavy atom. The van der Waals surface area contributed by atoms with E-state index in [0.29, 0.717) is 0 Å². The number of nitrogens with two attached hydrogens (primary N) is 1. The molecule has 84 valence electrons. The van der Waals surface area contributed by atoms with Crippen molar-refractivity contribution in [1.29, 1.82) is 0 Å². The predicted octanol–water partition coefficient (Wildman–Crippen LogP) is 0.963. The van der Waals surface area contributed by atoms with Crippen LogP contribution in [0.1, 0.15) is 13.8 Å². The molecule has 0 bridgehead atoms. The van der Waals surface area contributed by atoms with E-state index in [4.69, 9.17) is 5.73 Å². The highest BCUT2D eigenvalue weighted by Crippen LogP contribution is 2.08. The average molecular weight is 210 g/mol. The molecule has 0 saturated heterocycles. The monoisotopic (exact) mass is 210 g/mol. The number of ether oxygens (including phenoxy) is 1. The lowest BCUT2D eigenvalue weighted by Crippen LogP contribution is -2.41. The van der Waals surface area contributed by atoms with E-state index in [1.54, 1.807) is 0 Å². The predicted molar refractivity (Wildman–Crippen MR) is 48.2 cm³/mol. The molecule has 0 aliphatic heterocycles. The zero-order valence-electron chi connectivity index (χ0n) is 8.35. The third-order valence-corrected chi connectivity index (χ3v) is 1.34. The molecule has 0 spiro atoms. The lowest BCUT2D eigenvalue weighted by atomic mass is 10.2. The minimum Gasteiger partial charge on any atom is -0.449 e. The van der Waals surface area contributed by atoms with E-state index in [-0.39, 0.29) is 12.5 Å². The van der Waals surface area contributed by atoms with E-state index in [9.17, 15) is 13.6 Å². The Morgan fingerprint density at radius 1 is 1.57 bits per heavy atom. The lowest BCUT2D eigenvalue weighted by Gasteiger charge is -2.14. The summed E-state index contributed by atoms with van der Waals surface area (Å²) in [6, 6.07) is 0. The smallest absolute Gasteiger partial charge is 0.407 e. The molecule has 0 aliphatic rings. The summed E-state index contributed by atoms with van der Waals surface area (Å²) >= 11 is 0. The Kier molecular flexibility index (Phi) is 5.37.